The molecule has 6 N–H and O–H groups in total. The van der Waals surface area contributed by atoms with Gasteiger partial charge in [-0.2, -0.15) is 0 Å². The van der Waals surface area contributed by atoms with E-state index in [4.69, 9.17) is 10.8 Å². The number of carboxylic acids is 1. The van der Waals surface area contributed by atoms with E-state index >= 15 is 0 Å². The molecule has 0 bridgehead atoms. The van der Waals surface area contributed by atoms with Gasteiger partial charge in [-0.25, -0.2) is 0 Å². The summed E-state index contributed by atoms with van der Waals surface area (Å²) < 4.78 is 0. The van der Waals surface area contributed by atoms with Crippen molar-refractivity contribution >= 4 is 11.9 Å². The van der Waals surface area contributed by atoms with Crippen molar-refractivity contribution in [3.63, 3.8) is 0 Å². The van der Waals surface area contributed by atoms with Crippen molar-refractivity contribution in [3.8, 4) is 0 Å². The summed E-state index contributed by atoms with van der Waals surface area (Å²) >= 11 is 0. The number of hydrogen-bond donors (Lipinski definition) is 4. The van der Waals surface area contributed by atoms with Gasteiger partial charge in [0.2, 0.25) is 5.91 Å². The van der Waals surface area contributed by atoms with Gasteiger partial charge in [0.25, 0.3) is 0 Å². The summed E-state index contributed by atoms with van der Waals surface area (Å²) in [6.07, 6.45) is 12.6. The van der Waals surface area contributed by atoms with Gasteiger partial charge < -0.3 is 21.9 Å². The van der Waals surface area contributed by atoms with Gasteiger partial charge in [-0.15, -0.1) is 0 Å². The number of carboxylic acid groups (broad SMARTS) is 1. The number of carbonyl (C=O) groups excluding carboxylic acids is 1. The van der Waals surface area contributed by atoms with E-state index in [9.17, 15) is 9.59 Å². The third-order valence-electron chi connectivity index (χ3n) is 3.75. The summed E-state index contributed by atoms with van der Waals surface area (Å²) in [7, 11) is 1.50. The molecule has 6 nitrogen and oxygen atoms in total. The standard InChI is InChI=1S/C17H34N2O3.CH5N/c18-14-10-7-8-12-16(20)19-15-11-6-4-2-1-3-5-9-13-17(21)22;1-2/h1-15,18H2,(H,19,20)(H,21,22);2H2,1H3. The van der Waals surface area contributed by atoms with Gasteiger partial charge in [0.1, 0.15) is 0 Å². The first-order valence-corrected chi connectivity index (χ1v) is 9.43. The van der Waals surface area contributed by atoms with Crippen LogP contribution in [-0.4, -0.2) is 37.1 Å². The molecule has 0 aromatic heterocycles. The minimum Gasteiger partial charge on any atom is -0.481 e. The van der Waals surface area contributed by atoms with Crippen LogP contribution >= 0.6 is 0 Å². The largest absolute Gasteiger partial charge is 0.481 e. The lowest BCUT2D eigenvalue weighted by atomic mass is 10.1. The van der Waals surface area contributed by atoms with Crippen molar-refractivity contribution < 1.29 is 14.7 Å². The number of amides is 1. The number of aliphatic carboxylic acids is 1. The molecule has 0 spiro atoms. The van der Waals surface area contributed by atoms with Crippen LogP contribution in [0.2, 0.25) is 0 Å². The Morgan fingerprint density at radius 3 is 1.75 bits per heavy atom. The van der Waals surface area contributed by atoms with Crippen molar-refractivity contribution in [3.05, 3.63) is 0 Å². The summed E-state index contributed by atoms with van der Waals surface area (Å²) in [6, 6.07) is 0. The molecule has 0 rings (SSSR count). The quantitative estimate of drug-likeness (QED) is 0.321. The minimum absolute atomic E-state index is 0.162. The molecule has 0 aliphatic heterocycles. The molecule has 0 aromatic carbocycles. The van der Waals surface area contributed by atoms with E-state index in [1.54, 1.807) is 0 Å². The molecule has 0 aliphatic carbocycles. The monoisotopic (exact) mass is 345 g/mol. The molecular weight excluding hydrogens is 306 g/mol. The zero-order chi connectivity index (χ0) is 18.5. The molecule has 0 saturated heterocycles. The van der Waals surface area contributed by atoms with Gasteiger partial charge in [0.15, 0.2) is 0 Å². The topological polar surface area (TPSA) is 118 Å². The highest BCUT2D eigenvalue weighted by molar-refractivity contribution is 5.75. The van der Waals surface area contributed by atoms with E-state index in [2.05, 4.69) is 11.1 Å². The van der Waals surface area contributed by atoms with Crippen molar-refractivity contribution in [1.29, 1.82) is 0 Å². The maximum absolute atomic E-state index is 11.5. The lowest BCUT2D eigenvalue weighted by Crippen LogP contribution is -2.24. The number of nitrogens with one attached hydrogen (secondary N) is 1. The van der Waals surface area contributed by atoms with Crippen LogP contribution in [0.25, 0.3) is 0 Å². The Bertz CT molecular complexity index is 287. The van der Waals surface area contributed by atoms with Crippen LogP contribution in [-0.2, 0) is 9.59 Å². The van der Waals surface area contributed by atoms with E-state index in [1.807, 2.05) is 0 Å². The van der Waals surface area contributed by atoms with Crippen LogP contribution in [0.4, 0.5) is 0 Å². The normalized spacial score (nSPS) is 9.96. The van der Waals surface area contributed by atoms with E-state index < -0.39 is 5.97 Å². The first-order chi connectivity index (χ1) is 11.7. The Kier molecular flexibility index (Phi) is 22.9. The molecule has 0 aromatic rings. The maximum atomic E-state index is 11.5. The number of unbranched alkanes of at least 4 members (excludes halogenated alkanes) is 9. The number of hydrogen-bond acceptors (Lipinski definition) is 4. The second-order valence-corrected chi connectivity index (χ2v) is 5.92. The Balaban J connectivity index is 0. The van der Waals surface area contributed by atoms with Gasteiger partial charge in [0, 0.05) is 19.4 Å². The predicted octanol–water partition coefficient (Wildman–Crippen LogP) is 2.79. The number of nitrogens with two attached hydrogens (primary N) is 2. The molecular formula is C18H39N3O3. The first kappa shape index (κ1) is 25.1. The summed E-state index contributed by atoms with van der Waals surface area (Å²) in [4.78, 5) is 21.8. The summed E-state index contributed by atoms with van der Waals surface area (Å²) in [6.45, 7) is 1.50. The number of rotatable bonds is 16. The van der Waals surface area contributed by atoms with Gasteiger partial charge in [0.05, 0.1) is 0 Å². The fourth-order valence-electron chi connectivity index (χ4n) is 2.38. The van der Waals surface area contributed by atoms with E-state index in [-0.39, 0.29) is 5.91 Å². The van der Waals surface area contributed by atoms with Crippen molar-refractivity contribution in [2.45, 2.75) is 83.5 Å². The zero-order valence-electron chi connectivity index (χ0n) is 15.5. The van der Waals surface area contributed by atoms with Crippen molar-refractivity contribution in [1.82, 2.24) is 5.32 Å². The summed E-state index contributed by atoms with van der Waals surface area (Å²) in [5, 5.41) is 11.5. The molecule has 0 atom stereocenters. The minimum atomic E-state index is -0.693. The Morgan fingerprint density at radius 2 is 1.21 bits per heavy atom. The predicted molar refractivity (Wildman–Crippen MR) is 99.8 cm³/mol. The SMILES string of the molecule is CN.NCCCCCC(=O)NCCCCCCCCCCC(=O)O. The Labute approximate surface area is 147 Å². The maximum Gasteiger partial charge on any atom is 0.303 e. The third-order valence-corrected chi connectivity index (χ3v) is 3.75. The molecule has 24 heavy (non-hydrogen) atoms. The van der Waals surface area contributed by atoms with Crippen LogP contribution in [0, 0.1) is 0 Å². The lowest BCUT2D eigenvalue weighted by Gasteiger charge is -2.05. The van der Waals surface area contributed by atoms with Crippen LogP contribution in [0.1, 0.15) is 83.5 Å². The molecule has 1 amide bonds. The highest BCUT2D eigenvalue weighted by Gasteiger charge is 2.00. The summed E-state index contributed by atoms with van der Waals surface area (Å²) in [5.74, 6) is -0.531. The fraction of sp³-hybridized carbons (Fsp3) is 0.889. The van der Waals surface area contributed by atoms with Crippen molar-refractivity contribution in [2.24, 2.45) is 11.5 Å². The second kappa shape index (κ2) is 21.9. The van der Waals surface area contributed by atoms with Crippen LogP contribution < -0.4 is 16.8 Å². The van der Waals surface area contributed by atoms with E-state index in [0.717, 1.165) is 57.9 Å². The summed E-state index contributed by atoms with van der Waals surface area (Å²) in [5.41, 5.74) is 9.91. The van der Waals surface area contributed by atoms with Crippen LogP contribution in [0.3, 0.4) is 0 Å². The zero-order valence-corrected chi connectivity index (χ0v) is 15.5. The van der Waals surface area contributed by atoms with Gasteiger partial charge in [-0.1, -0.05) is 44.9 Å². The molecule has 0 heterocycles. The molecule has 0 aliphatic rings. The van der Waals surface area contributed by atoms with E-state index in [1.165, 1.54) is 26.3 Å². The van der Waals surface area contributed by atoms with Gasteiger partial charge >= 0.3 is 5.97 Å². The smallest absolute Gasteiger partial charge is 0.303 e. The third kappa shape index (κ3) is 23.1. The molecule has 0 saturated carbocycles. The van der Waals surface area contributed by atoms with Crippen LogP contribution in [0.5, 0.6) is 0 Å². The highest BCUT2D eigenvalue weighted by atomic mass is 16.4. The van der Waals surface area contributed by atoms with Crippen LogP contribution in [0.15, 0.2) is 0 Å². The highest BCUT2D eigenvalue weighted by Crippen LogP contribution is 2.09. The van der Waals surface area contributed by atoms with Gasteiger partial charge in [-0.3, -0.25) is 9.59 Å². The molecule has 0 fully saturated rings. The Hall–Kier alpha value is -1.14. The lowest BCUT2D eigenvalue weighted by molar-refractivity contribution is -0.137. The molecule has 0 radical (unpaired) electrons. The fourth-order valence-corrected chi connectivity index (χ4v) is 2.38. The average Bonchev–Trinajstić information content (AvgIpc) is 2.58. The van der Waals surface area contributed by atoms with Crippen molar-refractivity contribution in [2.75, 3.05) is 20.1 Å². The average molecular weight is 346 g/mol. The Morgan fingerprint density at radius 1 is 0.750 bits per heavy atom. The van der Waals surface area contributed by atoms with E-state index in [0.29, 0.717) is 19.4 Å². The molecule has 0 unspecified atom stereocenters. The molecule has 144 valence electrons. The van der Waals surface area contributed by atoms with Gasteiger partial charge in [-0.05, 0) is 39.3 Å². The number of carbonyl (C=O) groups is 2. The second-order valence-electron chi connectivity index (χ2n) is 5.92. The molecule has 6 heteroatoms. The first-order valence-electron chi connectivity index (χ1n) is 9.43.